The number of aryl methyl sites for hydroxylation is 1. The second-order valence-corrected chi connectivity index (χ2v) is 6.88. The van der Waals surface area contributed by atoms with E-state index in [0.717, 1.165) is 17.7 Å². The molecule has 1 heteroatoms. The highest BCUT2D eigenvalue weighted by atomic mass is 14.7. The number of benzene rings is 2. The molecule has 0 saturated heterocycles. The summed E-state index contributed by atoms with van der Waals surface area (Å²) in [5.41, 5.74) is 7.22. The lowest BCUT2D eigenvalue weighted by atomic mass is 10.00. The van der Waals surface area contributed by atoms with Gasteiger partial charge in [-0.2, -0.15) is 0 Å². The van der Waals surface area contributed by atoms with Crippen LogP contribution in [0.1, 0.15) is 78.5 Å². The van der Waals surface area contributed by atoms with Crippen LogP contribution in [0.15, 0.2) is 90.0 Å². The second-order valence-electron chi connectivity index (χ2n) is 6.88. The van der Waals surface area contributed by atoms with Gasteiger partial charge in [0.05, 0.1) is 0 Å². The van der Waals surface area contributed by atoms with Crippen LogP contribution in [-0.2, 0) is 6.42 Å². The van der Waals surface area contributed by atoms with Gasteiger partial charge in [-0.15, -0.1) is 0 Å². The maximum absolute atomic E-state index is 4.08. The summed E-state index contributed by atoms with van der Waals surface area (Å²) in [7, 11) is 1.81. The number of nitrogens with zero attached hydrogens (tertiary/aromatic N) is 1. The molecule has 2 rings (SSSR count). The minimum atomic E-state index is 1.07. The Bertz CT molecular complexity index is 792. The predicted octanol–water partition coefficient (Wildman–Crippen LogP) is 9.35. The van der Waals surface area contributed by atoms with Gasteiger partial charge in [0, 0.05) is 12.8 Å². The predicted molar refractivity (Wildman–Crippen MR) is 145 cm³/mol. The molecule has 0 N–H and O–H groups in total. The third-order valence-electron chi connectivity index (χ3n) is 3.94. The van der Waals surface area contributed by atoms with E-state index >= 15 is 0 Å². The smallest absolute Gasteiger partial charge is 0.0386 e. The van der Waals surface area contributed by atoms with Crippen LogP contribution < -0.4 is 0 Å². The molecule has 2 aromatic rings. The fourth-order valence-electron chi connectivity index (χ4n) is 2.45. The average molecular weight is 420 g/mol. The maximum Gasteiger partial charge on any atom is 0.0386 e. The Balaban J connectivity index is 0. The van der Waals surface area contributed by atoms with Crippen molar-refractivity contribution in [2.75, 3.05) is 7.05 Å². The maximum atomic E-state index is 4.08. The molecule has 0 aliphatic rings. The quantitative estimate of drug-likeness (QED) is 0.338. The Morgan fingerprint density at radius 2 is 1.45 bits per heavy atom. The lowest BCUT2D eigenvalue weighted by molar-refractivity contribution is 1.09. The number of hydrogen-bond donors (Lipinski definition) is 0. The Hall–Kier alpha value is -2.67. The fraction of sp³-hybridized carbons (Fsp3) is 0.367. The lowest BCUT2D eigenvalue weighted by Crippen LogP contribution is -1.91. The van der Waals surface area contributed by atoms with Crippen molar-refractivity contribution in [2.45, 2.75) is 68.2 Å². The van der Waals surface area contributed by atoms with E-state index in [0.29, 0.717) is 0 Å². The molecule has 31 heavy (non-hydrogen) atoms. The van der Waals surface area contributed by atoms with Crippen molar-refractivity contribution >= 4 is 11.3 Å². The van der Waals surface area contributed by atoms with E-state index in [2.05, 4.69) is 87.0 Å². The van der Waals surface area contributed by atoms with Crippen molar-refractivity contribution in [1.82, 2.24) is 0 Å². The zero-order valence-electron chi connectivity index (χ0n) is 21.5. The molecule has 0 aromatic heterocycles. The van der Waals surface area contributed by atoms with Gasteiger partial charge in [-0.05, 0) is 49.5 Å². The zero-order chi connectivity index (χ0) is 24.1. The molecule has 2 aromatic carbocycles. The van der Waals surface area contributed by atoms with Crippen LogP contribution in [0.4, 0.5) is 0 Å². The van der Waals surface area contributed by atoms with E-state index in [-0.39, 0.29) is 0 Å². The number of rotatable bonds is 5. The van der Waals surface area contributed by atoms with Crippen LogP contribution in [-0.4, -0.2) is 12.8 Å². The number of hydrogen-bond acceptors (Lipinski definition) is 1. The topological polar surface area (TPSA) is 12.4 Å². The molecule has 0 atom stereocenters. The van der Waals surface area contributed by atoms with E-state index in [1.807, 2.05) is 59.9 Å². The van der Waals surface area contributed by atoms with Gasteiger partial charge >= 0.3 is 0 Å². The molecule has 0 unspecified atom stereocenters. The van der Waals surface area contributed by atoms with Gasteiger partial charge in [-0.25, -0.2) is 0 Å². The Morgan fingerprint density at radius 1 is 0.903 bits per heavy atom. The van der Waals surface area contributed by atoms with Crippen molar-refractivity contribution in [3.63, 3.8) is 0 Å². The Kier molecular flexibility index (Phi) is 20.3. The highest BCUT2D eigenvalue weighted by Gasteiger charge is 1.98. The first kappa shape index (κ1) is 30.5. The lowest BCUT2D eigenvalue weighted by Gasteiger charge is -2.05. The molecule has 0 aliphatic carbocycles. The third kappa shape index (κ3) is 14.9. The van der Waals surface area contributed by atoms with Gasteiger partial charge in [0.25, 0.3) is 0 Å². The average Bonchev–Trinajstić information content (AvgIpc) is 2.81. The van der Waals surface area contributed by atoms with E-state index < -0.39 is 0 Å². The molecule has 0 aliphatic heterocycles. The van der Waals surface area contributed by atoms with Gasteiger partial charge < -0.3 is 0 Å². The van der Waals surface area contributed by atoms with Crippen LogP contribution in [0.2, 0.25) is 0 Å². The standard InChI is InChI=1S/C16H20.C9H11N.C3H8.C2H6/c1-5-8-15(11-13(3)4)16-10-7-9-14(6-2)12-16;1-8(10-2)9-6-4-3-5-7-9;1-3-2;1-2/h5,7-12H,3,6H2,1-2,4H3;3-7H,1-2H3;3H2,1-2H3;1-2H3/b8-5-,15-11+;;;. The van der Waals surface area contributed by atoms with Gasteiger partial charge in [0.2, 0.25) is 0 Å². The van der Waals surface area contributed by atoms with Crippen LogP contribution in [0.3, 0.4) is 0 Å². The van der Waals surface area contributed by atoms with Crippen molar-refractivity contribution in [1.29, 1.82) is 0 Å². The van der Waals surface area contributed by atoms with Crippen molar-refractivity contribution in [2.24, 2.45) is 4.99 Å². The molecule has 0 bridgehead atoms. The van der Waals surface area contributed by atoms with Gasteiger partial charge in [0.1, 0.15) is 0 Å². The molecule has 0 spiro atoms. The summed E-state index contributed by atoms with van der Waals surface area (Å²) in [6, 6.07) is 18.8. The van der Waals surface area contributed by atoms with E-state index in [1.54, 1.807) is 0 Å². The van der Waals surface area contributed by atoms with Crippen molar-refractivity contribution in [3.8, 4) is 0 Å². The van der Waals surface area contributed by atoms with Crippen LogP contribution in [0, 0.1) is 0 Å². The van der Waals surface area contributed by atoms with E-state index in [4.69, 9.17) is 0 Å². The molecule has 0 amide bonds. The van der Waals surface area contributed by atoms with Crippen molar-refractivity contribution in [3.05, 3.63) is 102 Å². The molecule has 1 nitrogen and oxygen atoms in total. The molecule has 170 valence electrons. The highest BCUT2D eigenvalue weighted by Crippen LogP contribution is 2.19. The summed E-state index contributed by atoms with van der Waals surface area (Å²) in [5, 5.41) is 0. The van der Waals surface area contributed by atoms with Gasteiger partial charge in [-0.3, -0.25) is 4.99 Å². The first-order chi connectivity index (χ1) is 14.9. The molecular weight excluding hydrogens is 374 g/mol. The van der Waals surface area contributed by atoms with E-state index in [9.17, 15) is 0 Å². The molecule has 0 fully saturated rings. The molecular formula is C30H45N. The fourth-order valence-corrected chi connectivity index (χ4v) is 2.45. The molecule has 0 radical (unpaired) electrons. The third-order valence-corrected chi connectivity index (χ3v) is 3.94. The van der Waals surface area contributed by atoms with Gasteiger partial charge in [0.15, 0.2) is 0 Å². The monoisotopic (exact) mass is 419 g/mol. The first-order valence-corrected chi connectivity index (χ1v) is 11.5. The normalized spacial score (nSPS) is 10.7. The van der Waals surface area contributed by atoms with Gasteiger partial charge in [-0.1, -0.05) is 126 Å². The summed E-state index contributed by atoms with van der Waals surface area (Å²) in [4.78, 5) is 4.08. The Labute approximate surface area is 193 Å². The second kappa shape index (κ2) is 20.6. The number of allylic oxidation sites excluding steroid dienone is 5. The van der Waals surface area contributed by atoms with Crippen LogP contribution >= 0.6 is 0 Å². The zero-order valence-corrected chi connectivity index (χ0v) is 21.5. The molecule has 0 heterocycles. The molecule has 0 saturated carbocycles. The number of aliphatic imine (C=N–C) groups is 1. The van der Waals surface area contributed by atoms with Crippen LogP contribution in [0.5, 0.6) is 0 Å². The Morgan fingerprint density at radius 3 is 1.90 bits per heavy atom. The SMILES string of the molecule is C=C(C)/C=C(\C=C/C)c1cccc(CC)c1.CC.CCC.CN=C(C)c1ccccc1. The summed E-state index contributed by atoms with van der Waals surface area (Å²) in [6.07, 6.45) is 8.63. The van der Waals surface area contributed by atoms with Crippen LogP contribution in [0.25, 0.3) is 5.57 Å². The summed E-state index contributed by atoms with van der Waals surface area (Å²) >= 11 is 0. The largest absolute Gasteiger partial charge is 0.293 e. The first-order valence-electron chi connectivity index (χ1n) is 11.5. The van der Waals surface area contributed by atoms with E-state index in [1.165, 1.54) is 28.7 Å². The summed E-state index contributed by atoms with van der Waals surface area (Å²) < 4.78 is 0. The summed E-state index contributed by atoms with van der Waals surface area (Å²) in [6.45, 7) is 20.4. The summed E-state index contributed by atoms with van der Waals surface area (Å²) in [5.74, 6) is 0. The minimum absolute atomic E-state index is 1.07. The van der Waals surface area contributed by atoms with Crippen molar-refractivity contribution < 1.29 is 0 Å². The highest BCUT2D eigenvalue weighted by molar-refractivity contribution is 5.98. The minimum Gasteiger partial charge on any atom is -0.293 e.